The zero-order valence-corrected chi connectivity index (χ0v) is 17.6. The second-order valence-corrected chi connectivity index (χ2v) is 7.62. The Hall–Kier alpha value is -3.25. The lowest BCUT2D eigenvalue weighted by Crippen LogP contribution is -2.44. The number of hydrogen-bond acceptors (Lipinski definition) is 7. The third kappa shape index (κ3) is 6.37. The highest BCUT2D eigenvalue weighted by Crippen LogP contribution is 2.23. The molecule has 1 aromatic carbocycles. The van der Waals surface area contributed by atoms with Crippen molar-refractivity contribution in [2.24, 2.45) is 0 Å². The average molecular weight is 467 g/mol. The number of hydrogen-bond donors (Lipinski definition) is 2. The van der Waals surface area contributed by atoms with Gasteiger partial charge in [-0.25, -0.2) is 14.5 Å². The molecule has 0 amide bonds. The lowest BCUT2D eigenvalue weighted by atomic mass is 10.2. The Morgan fingerprint density at radius 3 is 2.44 bits per heavy atom. The highest BCUT2D eigenvalue weighted by molar-refractivity contribution is 7.13. The van der Waals surface area contributed by atoms with Gasteiger partial charge in [0, 0.05) is 43.2 Å². The number of nitrogens with one attached hydrogen (secondary N) is 1. The quantitative estimate of drug-likeness (QED) is 0.608. The molecule has 2 N–H and O–H groups in total. The number of anilines is 1. The number of alkyl halides is 3. The van der Waals surface area contributed by atoms with Gasteiger partial charge in [0.15, 0.2) is 0 Å². The van der Waals surface area contributed by atoms with Gasteiger partial charge in [-0.2, -0.15) is 18.3 Å². The van der Waals surface area contributed by atoms with Crippen LogP contribution in [-0.2, 0) is 11.3 Å². The maximum absolute atomic E-state index is 12.4. The molecule has 3 heterocycles. The number of piperazine rings is 1. The average Bonchev–Trinajstić information content (AvgIpc) is 3.25. The van der Waals surface area contributed by atoms with Crippen molar-refractivity contribution < 1.29 is 23.1 Å². The molecule has 1 aliphatic heterocycles. The van der Waals surface area contributed by atoms with Gasteiger partial charge in [0.2, 0.25) is 0 Å². The van der Waals surface area contributed by atoms with Gasteiger partial charge in [-0.3, -0.25) is 4.79 Å². The second-order valence-electron chi connectivity index (χ2n) is 6.76. The first kappa shape index (κ1) is 23.4. The summed E-state index contributed by atoms with van der Waals surface area (Å²) in [7, 11) is 0. The molecule has 1 saturated heterocycles. The maximum atomic E-state index is 12.4. The minimum atomic E-state index is -5.08. The Kier molecular flexibility index (Phi) is 7.59. The van der Waals surface area contributed by atoms with Gasteiger partial charge in [-0.1, -0.05) is 30.3 Å². The number of carboxylic acids is 1. The normalized spacial score (nSPS) is 13.9. The van der Waals surface area contributed by atoms with Crippen molar-refractivity contribution >= 4 is 23.0 Å². The van der Waals surface area contributed by atoms with E-state index in [1.54, 1.807) is 23.6 Å². The lowest BCUT2D eigenvalue weighted by Gasteiger charge is -2.28. The first-order valence-electron chi connectivity index (χ1n) is 9.57. The van der Waals surface area contributed by atoms with Crippen LogP contribution in [0.5, 0.6) is 0 Å². The molecule has 4 rings (SSSR count). The van der Waals surface area contributed by atoms with Crippen LogP contribution >= 0.6 is 11.3 Å². The Morgan fingerprint density at radius 2 is 1.84 bits per heavy atom. The number of thiazole rings is 1. The van der Waals surface area contributed by atoms with Gasteiger partial charge in [-0.15, -0.1) is 11.3 Å². The molecule has 170 valence electrons. The zero-order chi connectivity index (χ0) is 23.1. The first-order chi connectivity index (χ1) is 15.2. The molecule has 1 aliphatic rings. The Bertz CT molecular complexity index is 1100. The summed E-state index contributed by atoms with van der Waals surface area (Å²) in [5.41, 5.74) is 2.75. The zero-order valence-electron chi connectivity index (χ0n) is 16.7. The number of carboxylic acid groups (broad SMARTS) is 1. The van der Waals surface area contributed by atoms with Crippen LogP contribution in [0.2, 0.25) is 0 Å². The van der Waals surface area contributed by atoms with Gasteiger partial charge in [0.1, 0.15) is 5.01 Å². The molecule has 0 unspecified atom stereocenters. The predicted molar refractivity (Wildman–Crippen MR) is 114 cm³/mol. The molecule has 32 heavy (non-hydrogen) atoms. The summed E-state index contributed by atoms with van der Waals surface area (Å²) < 4.78 is 33.2. The molecule has 1 fully saturated rings. The topological polar surface area (TPSA) is 100 Å². The fraction of sp³-hybridized carbons (Fsp3) is 0.300. The van der Waals surface area contributed by atoms with E-state index in [0.29, 0.717) is 6.54 Å². The van der Waals surface area contributed by atoms with Crippen LogP contribution < -0.4 is 15.8 Å². The summed E-state index contributed by atoms with van der Waals surface area (Å²) in [5.74, 6) is -2.76. The van der Waals surface area contributed by atoms with Crippen LogP contribution in [0, 0.1) is 0 Å². The van der Waals surface area contributed by atoms with E-state index in [0.717, 1.165) is 48.1 Å². The smallest absolute Gasteiger partial charge is 0.475 e. The Morgan fingerprint density at radius 1 is 1.19 bits per heavy atom. The molecule has 0 atom stereocenters. The van der Waals surface area contributed by atoms with Crippen LogP contribution in [0.3, 0.4) is 0 Å². The molecular weight excluding hydrogens is 447 g/mol. The molecule has 12 heteroatoms. The number of carbonyl (C=O) groups is 1. The molecule has 3 aromatic rings. The van der Waals surface area contributed by atoms with Crippen LogP contribution in [0.4, 0.5) is 18.9 Å². The fourth-order valence-electron chi connectivity index (χ4n) is 2.89. The van der Waals surface area contributed by atoms with Crippen LogP contribution in [0.25, 0.3) is 10.6 Å². The Labute approximate surface area is 185 Å². The monoisotopic (exact) mass is 467 g/mol. The van der Waals surface area contributed by atoms with Gasteiger partial charge in [-0.05, 0) is 0 Å². The third-order valence-electron chi connectivity index (χ3n) is 4.46. The van der Waals surface area contributed by atoms with E-state index >= 15 is 0 Å². The summed E-state index contributed by atoms with van der Waals surface area (Å²) in [4.78, 5) is 28.1. The van der Waals surface area contributed by atoms with Crippen LogP contribution in [0.1, 0.15) is 5.69 Å². The van der Waals surface area contributed by atoms with E-state index in [1.165, 1.54) is 4.68 Å². The van der Waals surface area contributed by atoms with Crippen molar-refractivity contribution in [1.82, 2.24) is 20.1 Å². The molecule has 0 spiro atoms. The van der Waals surface area contributed by atoms with Crippen molar-refractivity contribution in [2.75, 3.05) is 31.1 Å². The number of halogens is 3. The van der Waals surface area contributed by atoms with Gasteiger partial charge < -0.3 is 15.3 Å². The van der Waals surface area contributed by atoms with Crippen molar-refractivity contribution in [2.45, 2.75) is 12.7 Å². The predicted octanol–water partition coefficient (Wildman–Crippen LogP) is 2.46. The number of nitrogens with zero attached hydrogens (tertiary/aromatic N) is 4. The summed E-state index contributed by atoms with van der Waals surface area (Å²) in [6.07, 6.45) is -3.31. The van der Waals surface area contributed by atoms with Crippen molar-refractivity contribution in [3.8, 4) is 10.6 Å². The summed E-state index contributed by atoms with van der Waals surface area (Å²) >= 11 is 1.58. The van der Waals surface area contributed by atoms with E-state index in [2.05, 4.69) is 20.3 Å². The van der Waals surface area contributed by atoms with E-state index in [9.17, 15) is 18.0 Å². The Balaban J connectivity index is 0.000000360. The largest absolute Gasteiger partial charge is 0.490 e. The number of aromatic nitrogens is 3. The summed E-state index contributed by atoms with van der Waals surface area (Å²) in [5, 5.41) is 17.7. The molecule has 8 nitrogen and oxygen atoms in total. The summed E-state index contributed by atoms with van der Waals surface area (Å²) in [6.45, 7) is 4.06. The van der Waals surface area contributed by atoms with Crippen LogP contribution in [0.15, 0.2) is 52.8 Å². The second kappa shape index (κ2) is 10.4. The van der Waals surface area contributed by atoms with E-state index < -0.39 is 12.1 Å². The standard InChI is InChI=1S/C18H19N5OS.C2HF3O2/c24-17-10-16(22-8-6-19-7-9-22)11-20-23(17)12-15-13-25-18(21-15)14-4-2-1-3-5-14;3-2(4,5)1(6)7/h1-5,10-11,13,19H,6-9,12H2;(H,6,7). The molecule has 0 bridgehead atoms. The van der Waals surface area contributed by atoms with Crippen molar-refractivity contribution in [3.05, 3.63) is 64.0 Å². The third-order valence-corrected chi connectivity index (χ3v) is 5.40. The highest BCUT2D eigenvalue weighted by atomic mass is 32.1. The van der Waals surface area contributed by atoms with Crippen LogP contribution in [-0.4, -0.2) is 58.2 Å². The van der Waals surface area contributed by atoms with Crippen molar-refractivity contribution in [1.29, 1.82) is 0 Å². The molecule has 2 aromatic heterocycles. The van der Waals surface area contributed by atoms with E-state index in [1.807, 2.05) is 35.7 Å². The molecule has 0 saturated carbocycles. The van der Waals surface area contributed by atoms with E-state index in [-0.39, 0.29) is 5.56 Å². The number of aliphatic carboxylic acids is 1. The van der Waals surface area contributed by atoms with Gasteiger partial charge in [0.25, 0.3) is 5.56 Å². The fourth-order valence-corrected chi connectivity index (χ4v) is 3.70. The summed E-state index contributed by atoms with van der Waals surface area (Å²) in [6, 6.07) is 11.7. The molecule has 0 radical (unpaired) electrons. The molecule has 0 aliphatic carbocycles. The minimum absolute atomic E-state index is 0.0923. The van der Waals surface area contributed by atoms with Gasteiger partial charge >= 0.3 is 12.1 Å². The van der Waals surface area contributed by atoms with E-state index in [4.69, 9.17) is 9.90 Å². The minimum Gasteiger partial charge on any atom is -0.475 e. The number of rotatable bonds is 4. The van der Waals surface area contributed by atoms with Crippen molar-refractivity contribution in [3.63, 3.8) is 0 Å². The first-order valence-corrected chi connectivity index (χ1v) is 10.4. The van der Waals surface area contributed by atoms with Gasteiger partial charge in [0.05, 0.1) is 24.1 Å². The SMILES string of the molecule is O=C(O)C(F)(F)F.O=c1cc(N2CCNCC2)cnn1Cc1csc(-c2ccccc2)n1. The number of benzene rings is 1. The maximum Gasteiger partial charge on any atom is 0.490 e. The molecular formula is C20H20F3N5O3S. The lowest BCUT2D eigenvalue weighted by molar-refractivity contribution is -0.192. The highest BCUT2D eigenvalue weighted by Gasteiger charge is 2.38.